The van der Waals surface area contributed by atoms with Gasteiger partial charge in [0.15, 0.2) is 0 Å². The number of sulfonamides is 1. The molecule has 0 saturated heterocycles. The molecule has 3 rings (SSSR count). The van der Waals surface area contributed by atoms with E-state index in [0.717, 1.165) is 5.56 Å². The predicted molar refractivity (Wildman–Crippen MR) is 118 cm³/mol. The number of rotatable bonds is 7. The van der Waals surface area contributed by atoms with E-state index < -0.39 is 10.0 Å². The van der Waals surface area contributed by atoms with Crippen molar-refractivity contribution < 1.29 is 17.9 Å². The summed E-state index contributed by atoms with van der Waals surface area (Å²) in [7, 11) is -2.18. The highest BCUT2D eigenvalue weighted by Gasteiger charge is 2.18. The average molecular weight is 445 g/mol. The smallest absolute Gasteiger partial charge is 0.261 e. The predicted octanol–water partition coefficient (Wildman–Crippen LogP) is 4.64. The number of carbonyl (C=O) groups is 1. The minimum atomic E-state index is -3.75. The van der Waals surface area contributed by atoms with Crippen molar-refractivity contribution >= 4 is 33.2 Å². The standard InChI is InChI=1S/C22H21ClN2O4S/c1-15(18-10-6-7-11-21(18)29-2)24-22(26)19-13-12-16(14-20(19)23)25-30(27,28)17-8-4-3-5-9-17/h3-15,25H,1-2H3,(H,24,26)/t15-/m0/s1. The van der Waals surface area contributed by atoms with Gasteiger partial charge in [-0.2, -0.15) is 0 Å². The number of nitrogens with one attached hydrogen (secondary N) is 2. The minimum Gasteiger partial charge on any atom is -0.496 e. The van der Waals surface area contributed by atoms with Crippen LogP contribution in [0.15, 0.2) is 77.7 Å². The molecule has 1 amide bonds. The van der Waals surface area contributed by atoms with E-state index in [1.807, 2.05) is 31.2 Å². The van der Waals surface area contributed by atoms with Gasteiger partial charge in [0.05, 0.1) is 34.3 Å². The van der Waals surface area contributed by atoms with E-state index in [2.05, 4.69) is 10.0 Å². The number of methoxy groups -OCH3 is 1. The van der Waals surface area contributed by atoms with Gasteiger partial charge in [-0.15, -0.1) is 0 Å². The summed E-state index contributed by atoms with van der Waals surface area (Å²) < 4.78 is 32.7. The molecule has 0 spiro atoms. The van der Waals surface area contributed by atoms with Gasteiger partial charge in [-0.3, -0.25) is 9.52 Å². The van der Waals surface area contributed by atoms with Crippen LogP contribution >= 0.6 is 11.6 Å². The molecule has 2 N–H and O–H groups in total. The van der Waals surface area contributed by atoms with Gasteiger partial charge >= 0.3 is 0 Å². The van der Waals surface area contributed by atoms with Gasteiger partial charge in [-0.25, -0.2) is 8.42 Å². The molecule has 0 aliphatic rings. The Labute approximate surface area is 180 Å². The second-order valence-corrected chi connectivity index (χ2v) is 8.64. The van der Waals surface area contributed by atoms with Crippen molar-refractivity contribution in [3.8, 4) is 5.75 Å². The van der Waals surface area contributed by atoms with Crippen molar-refractivity contribution in [1.82, 2.24) is 5.32 Å². The van der Waals surface area contributed by atoms with Crippen molar-refractivity contribution in [1.29, 1.82) is 0 Å². The molecule has 6 nitrogen and oxygen atoms in total. The first kappa shape index (κ1) is 21.7. The molecule has 0 aliphatic carbocycles. The lowest BCUT2D eigenvalue weighted by Gasteiger charge is -2.18. The molecule has 0 unspecified atom stereocenters. The zero-order valence-corrected chi connectivity index (χ0v) is 18.0. The van der Waals surface area contributed by atoms with Gasteiger partial charge in [0.25, 0.3) is 15.9 Å². The zero-order chi connectivity index (χ0) is 21.7. The van der Waals surface area contributed by atoms with Crippen LogP contribution in [0.4, 0.5) is 5.69 Å². The van der Waals surface area contributed by atoms with Crippen molar-refractivity contribution in [3.05, 3.63) is 88.9 Å². The maximum atomic E-state index is 12.7. The second kappa shape index (κ2) is 9.19. The lowest BCUT2D eigenvalue weighted by atomic mass is 10.1. The number of para-hydroxylation sites is 1. The highest BCUT2D eigenvalue weighted by Crippen LogP contribution is 2.27. The molecule has 0 fully saturated rings. The largest absolute Gasteiger partial charge is 0.496 e. The quantitative estimate of drug-likeness (QED) is 0.556. The third-order valence-electron chi connectivity index (χ3n) is 4.47. The summed E-state index contributed by atoms with van der Waals surface area (Å²) in [5.74, 6) is 0.290. The van der Waals surface area contributed by atoms with Gasteiger partial charge < -0.3 is 10.1 Å². The molecule has 8 heteroatoms. The number of anilines is 1. The van der Waals surface area contributed by atoms with Crippen LogP contribution in [-0.2, 0) is 10.0 Å². The van der Waals surface area contributed by atoms with Gasteiger partial charge in [0.1, 0.15) is 5.75 Å². The molecule has 0 saturated carbocycles. The van der Waals surface area contributed by atoms with Crippen LogP contribution in [0.5, 0.6) is 5.75 Å². The van der Waals surface area contributed by atoms with E-state index in [1.165, 1.54) is 30.3 Å². The first-order valence-corrected chi connectivity index (χ1v) is 11.0. The van der Waals surface area contributed by atoms with E-state index in [4.69, 9.17) is 16.3 Å². The number of halogens is 1. The Bertz CT molecular complexity index is 1150. The minimum absolute atomic E-state index is 0.132. The Morgan fingerprint density at radius 1 is 1.00 bits per heavy atom. The third kappa shape index (κ3) is 4.93. The van der Waals surface area contributed by atoms with Crippen LogP contribution in [0, 0.1) is 0 Å². The molecule has 1 atom stereocenters. The summed E-state index contributed by atoms with van der Waals surface area (Å²) in [6, 6.07) is 19.5. The number of carbonyl (C=O) groups excluding carboxylic acids is 1. The van der Waals surface area contributed by atoms with Crippen molar-refractivity contribution in [2.45, 2.75) is 17.9 Å². The molecular formula is C22H21ClN2O4S. The molecule has 156 valence electrons. The van der Waals surface area contributed by atoms with E-state index in [1.54, 1.807) is 25.3 Å². The summed E-state index contributed by atoms with van der Waals surface area (Å²) in [6.07, 6.45) is 0. The molecule has 0 aliphatic heterocycles. The molecule has 0 bridgehead atoms. The number of hydrogen-bond donors (Lipinski definition) is 2. The Morgan fingerprint density at radius 3 is 2.33 bits per heavy atom. The van der Waals surface area contributed by atoms with Crippen LogP contribution in [0.2, 0.25) is 5.02 Å². The lowest BCUT2D eigenvalue weighted by Crippen LogP contribution is -2.27. The number of amides is 1. The summed E-state index contributed by atoms with van der Waals surface area (Å²) in [5.41, 5.74) is 1.33. The van der Waals surface area contributed by atoms with E-state index >= 15 is 0 Å². The Kier molecular flexibility index (Phi) is 6.64. The van der Waals surface area contributed by atoms with Crippen LogP contribution in [0.1, 0.15) is 28.9 Å². The van der Waals surface area contributed by atoms with Crippen LogP contribution in [-0.4, -0.2) is 21.4 Å². The van der Waals surface area contributed by atoms with Gasteiger partial charge in [-0.05, 0) is 43.3 Å². The number of hydrogen-bond acceptors (Lipinski definition) is 4. The molecule has 0 radical (unpaired) electrons. The Hall–Kier alpha value is -3.03. The monoisotopic (exact) mass is 444 g/mol. The Balaban J connectivity index is 1.76. The maximum absolute atomic E-state index is 12.7. The molecule has 3 aromatic rings. The highest BCUT2D eigenvalue weighted by atomic mass is 35.5. The number of ether oxygens (including phenoxy) is 1. The lowest BCUT2D eigenvalue weighted by molar-refractivity contribution is 0.0939. The van der Waals surface area contributed by atoms with Crippen LogP contribution in [0.25, 0.3) is 0 Å². The SMILES string of the molecule is COc1ccccc1[C@H](C)NC(=O)c1ccc(NS(=O)(=O)c2ccccc2)cc1Cl. The summed E-state index contributed by atoms with van der Waals surface area (Å²) in [6.45, 7) is 1.84. The molecular weight excluding hydrogens is 424 g/mol. The fourth-order valence-corrected chi connectivity index (χ4v) is 4.29. The fraction of sp³-hybridized carbons (Fsp3) is 0.136. The van der Waals surface area contributed by atoms with Crippen molar-refractivity contribution in [2.75, 3.05) is 11.8 Å². The van der Waals surface area contributed by atoms with E-state index in [-0.39, 0.29) is 33.1 Å². The first-order chi connectivity index (χ1) is 14.3. The third-order valence-corrected chi connectivity index (χ3v) is 6.18. The maximum Gasteiger partial charge on any atom is 0.261 e. The van der Waals surface area contributed by atoms with Gasteiger partial charge in [0, 0.05) is 5.56 Å². The van der Waals surface area contributed by atoms with Gasteiger partial charge in [-0.1, -0.05) is 48.0 Å². The van der Waals surface area contributed by atoms with Crippen molar-refractivity contribution in [2.24, 2.45) is 0 Å². The first-order valence-electron chi connectivity index (χ1n) is 9.13. The van der Waals surface area contributed by atoms with Crippen LogP contribution < -0.4 is 14.8 Å². The number of benzene rings is 3. The summed E-state index contributed by atoms with van der Waals surface area (Å²) in [4.78, 5) is 12.8. The molecule has 0 heterocycles. The zero-order valence-electron chi connectivity index (χ0n) is 16.4. The van der Waals surface area contributed by atoms with E-state index in [0.29, 0.717) is 5.75 Å². The molecule has 30 heavy (non-hydrogen) atoms. The fourth-order valence-electron chi connectivity index (χ4n) is 2.95. The van der Waals surface area contributed by atoms with Crippen molar-refractivity contribution in [3.63, 3.8) is 0 Å². The van der Waals surface area contributed by atoms with Gasteiger partial charge in [0.2, 0.25) is 0 Å². The van der Waals surface area contributed by atoms with E-state index in [9.17, 15) is 13.2 Å². The average Bonchev–Trinajstić information content (AvgIpc) is 2.74. The molecule has 0 aromatic heterocycles. The Morgan fingerprint density at radius 2 is 1.67 bits per heavy atom. The second-order valence-electron chi connectivity index (χ2n) is 6.55. The summed E-state index contributed by atoms with van der Waals surface area (Å²) >= 11 is 6.27. The summed E-state index contributed by atoms with van der Waals surface area (Å²) in [5, 5.41) is 3.01. The topological polar surface area (TPSA) is 84.5 Å². The van der Waals surface area contributed by atoms with Crippen LogP contribution in [0.3, 0.4) is 0 Å². The highest BCUT2D eigenvalue weighted by molar-refractivity contribution is 7.92. The normalized spacial score (nSPS) is 12.1. The molecule has 3 aromatic carbocycles.